The first kappa shape index (κ1) is 21.8. The third-order valence-corrected chi connectivity index (χ3v) is 5.96. The predicted molar refractivity (Wildman–Crippen MR) is 120 cm³/mol. The van der Waals surface area contributed by atoms with E-state index < -0.39 is 6.61 Å². The van der Waals surface area contributed by atoms with Gasteiger partial charge in [0.2, 0.25) is 0 Å². The zero-order valence-corrected chi connectivity index (χ0v) is 18.1. The summed E-state index contributed by atoms with van der Waals surface area (Å²) in [6.07, 6.45) is 3.92. The number of nitrogens with one attached hydrogen (secondary N) is 1. The van der Waals surface area contributed by atoms with Crippen molar-refractivity contribution in [2.24, 2.45) is 0 Å². The molecule has 0 aliphatic carbocycles. The van der Waals surface area contributed by atoms with Crippen molar-refractivity contribution in [2.45, 2.75) is 30.2 Å². The zero-order chi connectivity index (χ0) is 22.5. The molecule has 0 fully saturated rings. The van der Waals surface area contributed by atoms with Crippen molar-refractivity contribution in [2.75, 3.05) is 0 Å². The number of alkyl halides is 2. The molecule has 2 aromatic heterocycles. The maximum absolute atomic E-state index is 13.0. The third kappa shape index (κ3) is 5.26. The van der Waals surface area contributed by atoms with E-state index in [9.17, 15) is 13.6 Å². The summed E-state index contributed by atoms with van der Waals surface area (Å²) in [5.74, 6) is 0.437. The lowest BCUT2D eigenvalue weighted by atomic mass is 10.1. The molecule has 32 heavy (non-hydrogen) atoms. The lowest BCUT2D eigenvalue weighted by molar-refractivity contribution is -0.0499. The molecule has 1 atom stereocenters. The molecule has 4 rings (SSSR count). The number of thioether (sulfide) groups is 1. The fraction of sp³-hybridized carbons (Fsp3) is 0.167. The molecule has 8 heteroatoms. The van der Waals surface area contributed by atoms with E-state index in [4.69, 9.17) is 0 Å². The summed E-state index contributed by atoms with van der Waals surface area (Å²) in [5, 5.41) is 2.94. The van der Waals surface area contributed by atoms with Crippen molar-refractivity contribution in [3.63, 3.8) is 0 Å². The van der Waals surface area contributed by atoms with Gasteiger partial charge in [-0.3, -0.25) is 4.79 Å². The number of aromatic nitrogens is 2. The number of rotatable bonds is 8. The van der Waals surface area contributed by atoms with Crippen LogP contribution in [0.3, 0.4) is 0 Å². The molecule has 0 aliphatic heterocycles. The highest BCUT2D eigenvalue weighted by Crippen LogP contribution is 2.27. The first-order valence-electron chi connectivity index (χ1n) is 9.99. The Hall–Kier alpha value is -3.39. The summed E-state index contributed by atoms with van der Waals surface area (Å²) in [6.45, 7) is -1.10. The summed E-state index contributed by atoms with van der Waals surface area (Å²) in [6, 6.07) is 19.1. The predicted octanol–water partition coefficient (Wildman–Crippen LogP) is 5.72. The molecule has 1 N–H and O–H groups in total. The first-order chi connectivity index (χ1) is 15.5. The van der Waals surface area contributed by atoms with E-state index in [0.29, 0.717) is 16.9 Å². The van der Waals surface area contributed by atoms with E-state index >= 15 is 0 Å². The smallest absolute Gasteiger partial charge is 0.387 e. The number of nitrogens with zero attached hydrogens (tertiary/aromatic N) is 2. The van der Waals surface area contributed by atoms with Crippen LogP contribution in [0.4, 0.5) is 8.78 Å². The van der Waals surface area contributed by atoms with Gasteiger partial charge >= 0.3 is 6.61 Å². The molecule has 0 spiro atoms. The van der Waals surface area contributed by atoms with Crippen LogP contribution in [0.5, 0.6) is 5.75 Å². The van der Waals surface area contributed by atoms with E-state index in [1.807, 2.05) is 53.2 Å². The highest BCUT2D eigenvalue weighted by Gasteiger charge is 2.16. The number of carbonyl (C=O) groups excluding carboxylic acids is 1. The molecule has 2 heterocycles. The molecule has 0 saturated carbocycles. The van der Waals surface area contributed by atoms with Gasteiger partial charge < -0.3 is 14.5 Å². The number of ether oxygens (including phenoxy) is 1. The van der Waals surface area contributed by atoms with Crippen molar-refractivity contribution in [3.8, 4) is 5.75 Å². The number of carbonyl (C=O) groups is 1. The maximum Gasteiger partial charge on any atom is 0.387 e. The van der Waals surface area contributed by atoms with Crippen molar-refractivity contribution >= 4 is 23.3 Å². The number of imidazole rings is 1. The second-order valence-electron chi connectivity index (χ2n) is 7.13. The Morgan fingerprint density at radius 3 is 2.75 bits per heavy atom. The van der Waals surface area contributed by atoms with Gasteiger partial charge in [-0.2, -0.15) is 8.78 Å². The van der Waals surface area contributed by atoms with E-state index in [1.165, 1.54) is 23.9 Å². The van der Waals surface area contributed by atoms with Gasteiger partial charge in [-0.05, 0) is 48.9 Å². The summed E-state index contributed by atoms with van der Waals surface area (Å²) in [4.78, 5) is 18.4. The van der Waals surface area contributed by atoms with Crippen LogP contribution >= 0.6 is 11.8 Å². The molecule has 2 aromatic carbocycles. The molecule has 1 amide bonds. The first-order valence-corrected chi connectivity index (χ1v) is 11.0. The monoisotopic (exact) mass is 453 g/mol. The van der Waals surface area contributed by atoms with Crippen LogP contribution in [0.1, 0.15) is 34.6 Å². The van der Waals surface area contributed by atoms with Crippen molar-refractivity contribution in [1.29, 1.82) is 0 Å². The number of halogens is 2. The Morgan fingerprint density at radius 1 is 1.12 bits per heavy atom. The van der Waals surface area contributed by atoms with Gasteiger partial charge in [0.15, 0.2) is 0 Å². The maximum atomic E-state index is 13.0. The van der Waals surface area contributed by atoms with Gasteiger partial charge in [0, 0.05) is 23.0 Å². The number of pyridine rings is 1. The Labute approximate surface area is 188 Å². The van der Waals surface area contributed by atoms with Gasteiger partial charge in [-0.25, -0.2) is 4.98 Å². The Kier molecular flexibility index (Phi) is 6.70. The van der Waals surface area contributed by atoms with E-state index in [2.05, 4.69) is 15.0 Å². The van der Waals surface area contributed by atoms with Gasteiger partial charge in [0.05, 0.1) is 17.3 Å². The molecule has 4 aromatic rings. The molecule has 164 valence electrons. The fourth-order valence-corrected chi connectivity index (χ4v) is 4.24. The molecule has 0 saturated heterocycles. The molecule has 5 nitrogen and oxygen atoms in total. The lowest BCUT2D eigenvalue weighted by Gasteiger charge is -2.17. The summed E-state index contributed by atoms with van der Waals surface area (Å²) in [5.41, 5.74) is 3.01. The minimum absolute atomic E-state index is 0.0574. The van der Waals surface area contributed by atoms with Gasteiger partial charge in [0.1, 0.15) is 11.4 Å². The van der Waals surface area contributed by atoms with Crippen molar-refractivity contribution in [3.05, 3.63) is 95.9 Å². The molecule has 0 bridgehead atoms. The summed E-state index contributed by atoms with van der Waals surface area (Å²) in [7, 11) is 0. The zero-order valence-electron chi connectivity index (χ0n) is 17.2. The second-order valence-corrected chi connectivity index (χ2v) is 8.15. The highest BCUT2D eigenvalue weighted by molar-refractivity contribution is 7.98. The summed E-state index contributed by atoms with van der Waals surface area (Å²) >= 11 is 1.54. The molecule has 0 radical (unpaired) electrons. The van der Waals surface area contributed by atoms with Gasteiger partial charge in [0.25, 0.3) is 5.91 Å². The topological polar surface area (TPSA) is 55.6 Å². The van der Waals surface area contributed by atoms with Crippen molar-refractivity contribution < 1.29 is 18.3 Å². The van der Waals surface area contributed by atoms with E-state index in [-0.39, 0.29) is 17.7 Å². The number of amides is 1. The minimum Gasteiger partial charge on any atom is -0.435 e. The van der Waals surface area contributed by atoms with Crippen LogP contribution < -0.4 is 10.1 Å². The number of benzene rings is 2. The Bertz CT molecular complexity index is 1200. The molecule has 0 aliphatic rings. The van der Waals surface area contributed by atoms with E-state index in [1.54, 1.807) is 25.1 Å². The average molecular weight is 454 g/mol. The molecular weight excluding hydrogens is 432 g/mol. The Morgan fingerprint density at radius 2 is 1.94 bits per heavy atom. The van der Waals surface area contributed by atoms with Gasteiger partial charge in [-0.1, -0.05) is 30.3 Å². The SMILES string of the molecule is CC(NC(=O)c1ccccc1SCc1cn2ccccc2n1)c1cccc(OC(F)F)c1. The lowest BCUT2D eigenvalue weighted by Crippen LogP contribution is -2.27. The number of hydrogen-bond acceptors (Lipinski definition) is 4. The standard InChI is InChI=1S/C24H21F2N3O2S/c1-16(17-7-6-8-19(13-17)31-24(25)26)27-23(30)20-9-2-3-10-21(20)32-15-18-14-29-12-5-4-11-22(29)28-18/h2-14,16,24H,15H2,1H3,(H,27,30). The molecular formula is C24H21F2N3O2S. The summed E-state index contributed by atoms with van der Waals surface area (Å²) < 4.78 is 31.4. The molecule has 1 unspecified atom stereocenters. The quantitative estimate of drug-likeness (QED) is 0.347. The van der Waals surface area contributed by atoms with Crippen LogP contribution in [0, 0.1) is 0 Å². The van der Waals surface area contributed by atoms with Crippen LogP contribution in [-0.4, -0.2) is 21.9 Å². The van der Waals surface area contributed by atoms with Crippen LogP contribution in [0.25, 0.3) is 5.65 Å². The third-order valence-electron chi connectivity index (χ3n) is 4.85. The highest BCUT2D eigenvalue weighted by atomic mass is 32.2. The normalized spacial score (nSPS) is 12.1. The Balaban J connectivity index is 1.45. The average Bonchev–Trinajstić information content (AvgIpc) is 3.20. The van der Waals surface area contributed by atoms with Crippen LogP contribution in [-0.2, 0) is 5.75 Å². The largest absolute Gasteiger partial charge is 0.435 e. The number of hydrogen-bond donors (Lipinski definition) is 1. The van der Waals surface area contributed by atoms with Gasteiger partial charge in [-0.15, -0.1) is 11.8 Å². The van der Waals surface area contributed by atoms with E-state index in [0.717, 1.165) is 16.2 Å². The minimum atomic E-state index is -2.90. The fourth-order valence-electron chi connectivity index (χ4n) is 3.31. The number of fused-ring (bicyclic) bond motifs is 1. The second kappa shape index (κ2) is 9.82. The van der Waals surface area contributed by atoms with Crippen molar-refractivity contribution in [1.82, 2.24) is 14.7 Å². The van der Waals surface area contributed by atoms with Crippen LogP contribution in [0.15, 0.2) is 84.0 Å². The van der Waals surface area contributed by atoms with Crippen LogP contribution in [0.2, 0.25) is 0 Å².